The highest BCUT2D eigenvalue weighted by Crippen LogP contribution is 2.23. The van der Waals surface area contributed by atoms with E-state index >= 15 is 0 Å². The fraction of sp³-hybridized carbons (Fsp3) is 0.200. The summed E-state index contributed by atoms with van der Waals surface area (Å²) in [6, 6.07) is 6.92. The number of carbonyl (C=O) groups excluding carboxylic acids is 1. The van der Waals surface area contributed by atoms with Crippen molar-refractivity contribution in [2.45, 2.75) is 13.0 Å². The minimum Gasteiger partial charge on any atom is -0.464 e. The van der Waals surface area contributed by atoms with Gasteiger partial charge in [0.1, 0.15) is 5.82 Å². The highest BCUT2D eigenvalue weighted by molar-refractivity contribution is 9.10. The third-order valence-electron chi connectivity index (χ3n) is 2.72. The summed E-state index contributed by atoms with van der Waals surface area (Å²) in [7, 11) is 0. The smallest absolute Gasteiger partial charge is 0.333 e. The third-order valence-corrected chi connectivity index (χ3v) is 3.15. The first-order chi connectivity index (χ1) is 10.1. The van der Waals surface area contributed by atoms with Crippen molar-refractivity contribution in [1.82, 2.24) is 4.98 Å². The molecule has 2 rings (SSSR count). The van der Waals surface area contributed by atoms with E-state index in [1.807, 2.05) is 0 Å². The van der Waals surface area contributed by atoms with Crippen molar-refractivity contribution in [1.29, 1.82) is 0 Å². The molecule has 1 unspecified atom stereocenters. The number of pyridine rings is 1. The highest BCUT2D eigenvalue weighted by Gasteiger charge is 2.22. The number of carbonyl (C=O) groups is 1. The van der Waals surface area contributed by atoms with Gasteiger partial charge in [0.05, 0.1) is 6.61 Å². The molecule has 1 N–H and O–H groups in total. The number of nitrogens with zero attached hydrogens (tertiary/aromatic N) is 1. The minimum absolute atomic E-state index is 0.265. The average molecular weight is 353 g/mol. The molecule has 2 aromatic rings. The molecule has 0 aliphatic rings. The zero-order valence-electron chi connectivity index (χ0n) is 11.3. The average Bonchev–Trinajstić information content (AvgIpc) is 2.45. The van der Waals surface area contributed by atoms with Crippen molar-refractivity contribution in [3.63, 3.8) is 0 Å². The van der Waals surface area contributed by atoms with Crippen molar-refractivity contribution in [2.75, 3.05) is 11.9 Å². The standard InChI is InChI=1S/C15H14BrFN2O2/c1-2-21-15(20)14(10-6-11(16)9-18-8-10)19-13-5-3-4-12(17)7-13/h3-9,14,19H,2H2,1H3. The van der Waals surface area contributed by atoms with Crippen LogP contribution in [0.3, 0.4) is 0 Å². The zero-order valence-corrected chi connectivity index (χ0v) is 12.9. The lowest BCUT2D eigenvalue weighted by molar-refractivity contribution is -0.144. The molecule has 1 atom stereocenters. The van der Waals surface area contributed by atoms with E-state index in [1.165, 1.54) is 12.1 Å². The summed E-state index contributed by atoms with van der Waals surface area (Å²) in [6.45, 7) is 2.00. The van der Waals surface area contributed by atoms with Gasteiger partial charge in [-0.25, -0.2) is 9.18 Å². The van der Waals surface area contributed by atoms with Gasteiger partial charge in [-0.2, -0.15) is 0 Å². The van der Waals surface area contributed by atoms with Crippen LogP contribution >= 0.6 is 15.9 Å². The molecular weight excluding hydrogens is 339 g/mol. The monoisotopic (exact) mass is 352 g/mol. The second-order valence-corrected chi connectivity index (χ2v) is 5.19. The van der Waals surface area contributed by atoms with Gasteiger partial charge in [0.15, 0.2) is 6.04 Å². The maximum atomic E-state index is 13.3. The first kappa shape index (κ1) is 15.4. The number of anilines is 1. The first-order valence-corrected chi connectivity index (χ1v) is 7.18. The van der Waals surface area contributed by atoms with E-state index in [9.17, 15) is 9.18 Å². The van der Waals surface area contributed by atoms with Crippen molar-refractivity contribution >= 4 is 27.6 Å². The molecule has 1 heterocycles. The lowest BCUT2D eigenvalue weighted by Crippen LogP contribution is -2.23. The molecule has 6 heteroatoms. The Hall–Kier alpha value is -1.95. The van der Waals surface area contributed by atoms with Crippen LogP contribution in [0.2, 0.25) is 0 Å². The van der Waals surface area contributed by atoms with E-state index in [0.717, 1.165) is 4.47 Å². The van der Waals surface area contributed by atoms with Crippen LogP contribution in [-0.4, -0.2) is 17.6 Å². The topological polar surface area (TPSA) is 51.2 Å². The van der Waals surface area contributed by atoms with Crippen LogP contribution in [0.4, 0.5) is 10.1 Å². The van der Waals surface area contributed by atoms with Crippen molar-refractivity contribution < 1.29 is 13.9 Å². The number of hydrogen-bond donors (Lipinski definition) is 1. The number of ether oxygens (including phenoxy) is 1. The second kappa shape index (κ2) is 7.17. The number of aromatic nitrogens is 1. The minimum atomic E-state index is -0.753. The Kier molecular flexibility index (Phi) is 5.27. The van der Waals surface area contributed by atoms with E-state index < -0.39 is 12.0 Å². The van der Waals surface area contributed by atoms with Crippen LogP contribution in [0.5, 0.6) is 0 Å². The number of halogens is 2. The summed E-state index contributed by atoms with van der Waals surface area (Å²) < 4.78 is 19.1. The van der Waals surface area contributed by atoms with Crippen LogP contribution in [0, 0.1) is 5.82 Å². The SMILES string of the molecule is CCOC(=O)C(Nc1cccc(F)c1)c1cncc(Br)c1. The summed E-state index contributed by atoms with van der Waals surface area (Å²) in [4.78, 5) is 16.2. The molecule has 4 nitrogen and oxygen atoms in total. The largest absolute Gasteiger partial charge is 0.464 e. The Morgan fingerprint density at radius 1 is 1.43 bits per heavy atom. The van der Waals surface area contributed by atoms with Gasteiger partial charge in [-0.1, -0.05) is 6.07 Å². The molecule has 21 heavy (non-hydrogen) atoms. The maximum absolute atomic E-state index is 13.3. The molecule has 0 amide bonds. The van der Waals surface area contributed by atoms with Crippen LogP contribution < -0.4 is 5.32 Å². The number of rotatable bonds is 5. The molecule has 1 aromatic heterocycles. The van der Waals surface area contributed by atoms with Gasteiger partial charge in [-0.15, -0.1) is 0 Å². The maximum Gasteiger partial charge on any atom is 0.333 e. The molecule has 0 radical (unpaired) electrons. The highest BCUT2D eigenvalue weighted by atomic mass is 79.9. The van der Waals surface area contributed by atoms with Gasteiger partial charge < -0.3 is 10.1 Å². The molecule has 110 valence electrons. The van der Waals surface area contributed by atoms with E-state index in [4.69, 9.17) is 4.74 Å². The number of benzene rings is 1. The normalized spacial score (nSPS) is 11.8. The fourth-order valence-electron chi connectivity index (χ4n) is 1.84. The number of esters is 1. The summed E-state index contributed by atoms with van der Waals surface area (Å²) in [5.74, 6) is -0.823. The third kappa shape index (κ3) is 4.26. The van der Waals surface area contributed by atoms with Gasteiger partial charge in [0.25, 0.3) is 0 Å². The van der Waals surface area contributed by atoms with Gasteiger partial charge in [-0.3, -0.25) is 4.98 Å². The Morgan fingerprint density at radius 3 is 2.90 bits per heavy atom. The quantitative estimate of drug-likeness (QED) is 0.833. The molecular formula is C15H14BrFN2O2. The van der Waals surface area contributed by atoms with Crippen LogP contribution in [-0.2, 0) is 9.53 Å². The Labute approximate surface area is 130 Å². The summed E-state index contributed by atoms with van der Waals surface area (Å²) in [5.41, 5.74) is 1.13. The number of hydrogen-bond acceptors (Lipinski definition) is 4. The molecule has 0 aliphatic carbocycles. The molecule has 0 aliphatic heterocycles. The Balaban J connectivity index is 2.30. The van der Waals surface area contributed by atoms with E-state index in [2.05, 4.69) is 26.2 Å². The first-order valence-electron chi connectivity index (χ1n) is 6.39. The lowest BCUT2D eigenvalue weighted by atomic mass is 10.1. The Bertz CT molecular complexity index is 637. The van der Waals surface area contributed by atoms with Crippen LogP contribution in [0.15, 0.2) is 47.2 Å². The van der Waals surface area contributed by atoms with Gasteiger partial charge in [-0.05, 0) is 47.1 Å². The van der Waals surface area contributed by atoms with E-state index in [1.54, 1.807) is 37.5 Å². The van der Waals surface area contributed by atoms with Gasteiger partial charge >= 0.3 is 5.97 Å². The van der Waals surface area contributed by atoms with Crippen LogP contribution in [0.1, 0.15) is 18.5 Å². The summed E-state index contributed by atoms with van der Waals surface area (Å²) >= 11 is 3.31. The predicted molar refractivity (Wildman–Crippen MR) is 81.3 cm³/mol. The van der Waals surface area contributed by atoms with Gasteiger partial charge in [0.2, 0.25) is 0 Å². The summed E-state index contributed by atoms with van der Waals surface area (Å²) in [6.07, 6.45) is 3.19. The van der Waals surface area contributed by atoms with Gasteiger partial charge in [0, 0.05) is 28.1 Å². The van der Waals surface area contributed by atoms with Crippen molar-refractivity contribution in [3.8, 4) is 0 Å². The van der Waals surface area contributed by atoms with E-state index in [0.29, 0.717) is 11.3 Å². The van der Waals surface area contributed by atoms with Crippen LogP contribution in [0.25, 0.3) is 0 Å². The van der Waals surface area contributed by atoms with Crippen molar-refractivity contribution in [2.24, 2.45) is 0 Å². The molecule has 0 spiro atoms. The molecule has 0 saturated heterocycles. The molecule has 0 fully saturated rings. The van der Waals surface area contributed by atoms with Crippen molar-refractivity contribution in [3.05, 3.63) is 58.6 Å². The fourth-order valence-corrected chi connectivity index (χ4v) is 2.22. The number of nitrogens with one attached hydrogen (secondary N) is 1. The zero-order chi connectivity index (χ0) is 15.2. The molecule has 0 bridgehead atoms. The molecule has 0 saturated carbocycles. The molecule has 1 aromatic carbocycles. The second-order valence-electron chi connectivity index (χ2n) is 4.28. The Morgan fingerprint density at radius 2 is 2.24 bits per heavy atom. The predicted octanol–water partition coefficient (Wildman–Crippen LogP) is 3.70. The van der Waals surface area contributed by atoms with E-state index in [-0.39, 0.29) is 12.4 Å². The lowest BCUT2D eigenvalue weighted by Gasteiger charge is -2.18. The summed E-state index contributed by atoms with van der Waals surface area (Å²) in [5, 5.41) is 2.97.